The van der Waals surface area contributed by atoms with Crippen LogP contribution < -0.4 is 10.2 Å². The van der Waals surface area contributed by atoms with Crippen molar-refractivity contribution < 1.29 is 15.0 Å². The van der Waals surface area contributed by atoms with Crippen LogP contribution in [0, 0.1) is 0 Å². The topological polar surface area (TPSA) is 76.0 Å². The lowest BCUT2D eigenvalue weighted by atomic mass is 9.90. The van der Waals surface area contributed by atoms with Crippen molar-refractivity contribution in [1.29, 1.82) is 0 Å². The molecule has 3 N–H and O–H groups in total. The van der Waals surface area contributed by atoms with E-state index in [4.69, 9.17) is 5.11 Å². The number of rotatable bonds is 6. The predicted molar refractivity (Wildman–Crippen MR) is 129 cm³/mol. The van der Waals surface area contributed by atoms with Gasteiger partial charge >= 0.3 is 0 Å². The molecule has 32 heavy (non-hydrogen) atoms. The maximum absolute atomic E-state index is 12.9. The van der Waals surface area contributed by atoms with Crippen molar-refractivity contribution in [3.8, 4) is 5.75 Å². The highest BCUT2D eigenvalue weighted by atomic mass is 16.3. The summed E-state index contributed by atoms with van der Waals surface area (Å²) in [5.74, 6) is 0.490. The third-order valence-electron chi connectivity index (χ3n) is 6.86. The van der Waals surface area contributed by atoms with Gasteiger partial charge in [0.15, 0.2) is 0 Å². The van der Waals surface area contributed by atoms with Gasteiger partial charge in [0.2, 0.25) is 0 Å². The zero-order chi connectivity index (χ0) is 22.3. The SMILES string of the molecule is O=C(Nc1ccc(N2CCN(CCO)CC2)cc1)c1ccc(O)c(C2CCCCCC2)c1. The van der Waals surface area contributed by atoms with E-state index in [1.165, 1.54) is 25.7 Å². The molecule has 2 aromatic rings. The predicted octanol–water partition coefficient (Wildman–Crippen LogP) is 4.20. The molecule has 0 spiro atoms. The van der Waals surface area contributed by atoms with Gasteiger partial charge in [0.25, 0.3) is 5.91 Å². The average Bonchev–Trinajstić information content (AvgIpc) is 3.10. The largest absolute Gasteiger partial charge is 0.508 e. The molecule has 4 rings (SSSR count). The third kappa shape index (κ3) is 5.61. The standard InChI is InChI=1S/C26H35N3O3/c30-18-17-28-13-15-29(16-14-28)23-10-8-22(9-11-23)27-26(32)21-7-12-25(31)24(19-21)20-5-3-1-2-4-6-20/h7-12,19-20,30-31H,1-6,13-18H2,(H,27,32). The van der Waals surface area contributed by atoms with Crippen molar-refractivity contribution in [2.45, 2.75) is 44.4 Å². The van der Waals surface area contributed by atoms with E-state index in [-0.39, 0.29) is 12.5 Å². The number of carbonyl (C=O) groups is 1. The maximum atomic E-state index is 12.9. The molecule has 2 fully saturated rings. The molecule has 1 aliphatic heterocycles. The first-order chi connectivity index (χ1) is 15.6. The van der Waals surface area contributed by atoms with Gasteiger partial charge in [0.05, 0.1) is 6.61 Å². The van der Waals surface area contributed by atoms with Gasteiger partial charge < -0.3 is 20.4 Å². The molecule has 1 saturated heterocycles. The summed E-state index contributed by atoms with van der Waals surface area (Å²) >= 11 is 0. The smallest absolute Gasteiger partial charge is 0.255 e. The van der Waals surface area contributed by atoms with Gasteiger partial charge in [0.1, 0.15) is 5.75 Å². The number of aliphatic hydroxyl groups excluding tert-OH is 1. The van der Waals surface area contributed by atoms with Crippen LogP contribution in [0.25, 0.3) is 0 Å². The average molecular weight is 438 g/mol. The van der Waals surface area contributed by atoms with Gasteiger partial charge in [-0.1, -0.05) is 25.7 Å². The zero-order valence-electron chi connectivity index (χ0n) is 18.8. The van der Waals surface area contributed by atoms with E-state index >= 15 is 0 Å². The summed E-state index contributed by atoms with van der Waals surface area (Å²) in [4.78, 5) is 17.5. The van der Waals surface area contributed by atoms with Gasteiger partial charge in [-0.15, -0.1) is 0 Å². The van der Waals surface area contributed by atoms with E-state index in [1.807, 2.05) is 30.3 Å². The van der Waals surface area contributed by atoms with Crippen molar-refractivity contribution in [1.82, 2.24) is 4.90 Å². The first-order valence-electron chi connectivity index (χ1n) is 12.0. The van der Waals surface area contributed by atoms with E-state index in [1.54, 1.807) is 12.1 Å². The van der Waals surface area contributed by atoms with Gasteiger partial charge in [-0.3, -0.25) is 9.69 Å². The first kappa shape index (κ1) is 22.6. The number of hydrogen-bond acceptors (Lipinski definition) is 5. The van der Waals surface area contributed by atoms with Crippen LogP contribution in [0.2, 0.25) is 0 Å². The molecule has 0 aromatic heterocycles. The summed E-state index contributed by atoms with van der Waals surface area (Å²) in [6, 6.07) is 13.2. The lowest BCUT2D eigenvalue weighted by Crippen LogP contribution is -2.47. The summed E-state index contributed by atoms with van der Waals surface area (Å²) in [7, 11) is 0. The van der Waals surface area contributed by atoms with Gasteiger partial charge in [0, 0.05) is 49.7 Å². The molecular weight excluding hydrogens is 402 g/mol. The Morgan fingerprint density at radius 2 is 1.62 bits per heavy atom. The molecule has 0 bridgehead atoms. The molecule has 1 heterocycles. The quantitative estimate of drug-likeness (QED) is 0.591. The molecule has 1 aliphatic carbocycles. The lowest BCUT2D eigenvalue weighted by molar-refractivity contribution is 0.102. The zero-order valence-corrected chi connectivity index (χ0v) is 18.8. The maximum Gasteiger partial charge on any atom is 0.255 e. The summed E-state index contributed by atoms with van der Waals surface area (Å²) in [5, 5.41) is 22.5. The van der Waals surface area contributed by atoms with Crippen molar-refractivity contribution in [2.24, 2.45) is 0 Å². The number of amides is 1. The monoisotopic (exact) mass is 437 g/mol. The fourth-order valence-corrected chi connectivity index (χ4v) is 4.94. The minimum absolute atomic E-state index is 0.148. The molecule has 6 nitrogen and oxygen atoms in total. The highest BCUT2D eigenvalue weighted by Crippen LogP contribution is 2.36. The Morgan fingerprint density at radius 1 is 0.938 bits per heavy atom. The number of hydrogen-bond donors (Lipinski definition) is 3. The van der Waals surface area contributed by atoms with Crippen LogP contribution in [0.3, 0.4) is 0 Å². The van der Waals surface area contributed by atoms with Crippen LogP contribution in [0.1, 0.15) is 60.4 Å². The minimum atomic E-state index is -0.148. The van der Waals surface area contributed by atoms with Gasteiger partial charge in [-0.25, -0.2) is 0 Å². The molecule has 1 amide bonds. The molecule has 0 atom stereocenters. The Labute approximate surface area is 190 Å². The molecule has 6 heteroatoms. The second-order valence-electron chi connectivity index (χ2n) is 9.02. The highest BCUT2D eigenvalue weighted by Gasteiger charge is 2.20. The van der Waals surface area contributed by atoms with E-state index in [0.717, 1.165) is 62.5 Å². The number of piperazine rings is 1. The van der Waals surface area contributed by atoms with Crippen LogP contribution >= 0.6 is 0 Å². The van der Waals surface area contributed by atoms with E-state index in [2.05, 4.69) is 15.1 Å². The Hall–Kier alpha value is -2.57. The second kappa shape index (κ2) is 10.8. The Bertz CT molecular complexity index is 884. The number of phenolic OH excluding ortho intramolecular Hbond substituents is 1. The van der Waals surface area contributed by atoms with Gasteiger partial charge in [-0.05, 0) is 66.8 Å². The van der Waals surface area contributed by atoms with E-state index in [0.29, 0.717) is 17.2 Å². The highest BCUT2D eigenvalue weighted by molar-refractivity contribution is 6.04. The summed E-state index contributed by atoms with van der Waals surface area (Å²) < 4.78 is 0. The fourth-order valence-electron chi connectivity index (χ4n) is 4.94. The number of benzene rings is 2. The van der Waals surface area contributed by atoms with E-state index in [9.17, 15) is 9.90 Å². The molecule has 2 aliphatic rings. The molecular formula is C26H35N3O3. The number of anilines is 2. The van der Waals surface area contributed by atoms with Crippen molar-refractivity contribution >= 4 is 17.3 Å². The molecule has 0 radical (unpaired) electrons. The molecule has 2 aromatic carbocycles. The summed E-state index contributed by atoms with van der Waals surface area (Å²) in [6.07, 6.45) is 7.03. The third-order valence-corrected chi connectivity index (χ3v) is 6.86. The van der Waals surface area contributed by atoms with Crippen LogP contribution in [0.15, 0.2) is 42.5 Å². The fraction of sp³-hybridized carbons (Fsp3) is 0.500. The Balaban J connectivity index is 1.38. The normalized spacial score (nSPS) is 18.3. The lowest BCUT2D eigenvalue weighted by Gasteiger charge is -2.35. The Morgan fingerprint density at radius 3 is 2.28 bits per heavy atom. The molecule has 1 saturated carbocycles. The van der Waals surface area contributed by atoms with Crippen molar-refractivity contribution in [3.63, 3.8) is 0 Å². The number of nitrogens with one attached hydrogen (secondary N) is 1. The van der Waals surface area contributed by atoms with Crippen molar-refractivity contribution in [3.05, 3.63) is 53.6 Å². The number of β-amino-alcohol motifs (C(OH)–C–C–N with tert-alkyl or cyclic N) is 1. The summed E-state index contributed by atoms with van der Waals surface area (Å²) in [5.41, 5.74) is 3.41. The number of carbonyl (C=O) groups excluding carboxylic acids is 1. The van der Waals surface area contributed by atoms with Crippen molar-refractivity contribution in [2.75, 3.05) is 49.5 Å². The van der Waals surface area contributed by atoms with Crippen LogP contribution in [-0.2, 0) is 0 Å². The number of aromatic hydroxyl groups is 1. The Kier molecular flexibility index (Phi) is 7.66. The van der Waals surface area contributed by atoms with Crippen LogP contribution in [-0.4, -0.2) is 60.4 Å². The van der Waals surface area contributed by atoms with Crippen LogP contribution in [0.5, 0.6) is 5.75 Å². The summed E-state index contributed by atoms with van der Waals surface area (Å²) in [6.45, 7) is 4.70. The van der Waals surface area contributed by atoms with Gasteiger partial charge in [-0.2, -0.15) is 0 Å². The number of aliphatic hydroxyl groups is 1. The number of nitrogens with zero attached hydrogens (tertiary/aromatic N) is 2. The number of phenols is 1. The van der Waals surface area contributed by atoms with Crippen LogP contribution in [0.4, 0.5) is 11.4 Å². The second-order valence-corrected chi connectivity index (χ2v) is 9.02. The molecule has 0 unspecified atom stereocenters. The van der Waals surface area contributed by atoms with E-state index < -0.39 is 0 Å². The molecule has 172 valence electrons. The first-order valence-corrected chi connectivity index (χ1v) is 12.0. The minimum Gasteiger partial charge on any atom is -0.508 e.